The largest absolute Gasteiger partial charge is 0.342 e. The summed E-state index contributed by atoms with van der Waals surface area (Å²) in [6.45, 7) is 8.76. The minimum absolute atomic E-state index is 0.0598. The van der Waals surface area contributed by atoms with E-state index in [0.717, 1.165) is 30.2 Å². The van der Waals surface area contributed by atoms with Gasteiger partial charge in [0.2, 0.25) is 5.91 Å². The second kappa shape index (κ2) is 5.59. The Hall–Kier alpha value is -0.940. The number of rotatable bonds is 3. The molecule has 106 valence electrons. The van der Waals surface area contributed by atoms with Gasteiger partial charge in [0.1, 0.15) is 0 Å². The average Bonchev–Trinajstić information content (AvgIpc) is 2.95. The lowest BCUT2D eigenvalue weighted by Crippen LogP contribution is -2.31. The number of likely N-dealkylation sites (tertiary alicyclic amines) is 1. The Balaban J connectivity index is 1.94. The molecule has 0 spiro atoms. The maximum absolute atomic E-state index is 12.2. The molecule has 2 rings (SSSR count). The van der Waals surface area contributed by atoms with E-state index in [1.54, 1.807) is 11.3 Å². The van der Waals surface area contributed by atoms with Gasteiger partial charge in [-0.2, -0.15) is 0 Å². The minimum Gasteiger partial charge on any atom is -0.342 e. The molecule has 1 aliphatic heterocycles. The van der Waals surface area contributed by atoms with Crippen molar-refractivity contribution in [3.8, 4) is 0 Å². The van der Waals surface area contributed by atoms with Crippen molar-refractivity contribution in [2.45, 2.75) is 39.0 Å². The molecule has 0 aromatic carbocycles. The molecule has 0 aliphatic carbocycles. The second-order valence-corrected chi connectivity index (χ2v) is 7.16. The first-order chi connectivity index (χ1) is 8.90. The number of carbonyl (C=O) groups is 1. The standard InChI is InChI=1S/C14H23N3OS/c1-14(2,3)13-16-11(9-19-13)6-12(18)17-5-4-10(7-15)8-17/h9-10H,4-8,15H2,1-3H3. The Morgan fingerprint density at radius 3 is 2.84 bits per heavy atom. The summed E-state index contributed by atoms with van der Waals surface area (Å²) in [4.78, 5) is 18.7. The van der Waals surface area contributed by atoms with Gasteiger partial charge < -0.3 is 10.6 Å². The molecule has 19 heavy (non-hydrogen) atoms. The number of hydrogen-bond acceptors (Lipinski definition) is 4. The predicted molar refractivity (Wildman–Crippen MR) is 78.3 cm³/mol. The summed E-state index contributed by atoms with van der Waals surface area (Å²) in [7, 11) is 0. The van der Waals surface area contributed by atoms with Crippen LogP contribution in [0.25, 0.3) is 0 Å². The Bertz CT molecular complexity index is 450. The molecule has 0 radical (unpaired) electrons. The van der Waals surface area contributed by atoms with E-state index >= 15 is 0 Å². The van der Waals surface area contributed by atoms with Crippen LogP contribution in [0.15, 0.2) is 5.38 Å². The maximum Gasteiger partial charge on any atom is 0.228 e. The molecule has 5 heteroatoms. The van der Waals surface area contributed by atoms with Gasteiger partial charge in [0, 0.05) is 23.9 Å². The molecule has 1 aliphatic rings. The highest BCUT2D eigenvalue weighted by Gasteiger charge is 2.26. The molecule has 2 N–H and O–H groups in total. The fourth-order valence-electron chi connectivity index (χ4n) is 2.25. The van der Waals surface area contributed by atoms with Crippen molar-refractivity contribution in [1.29, 1.82) is 0 Å². The van der Waals surface area contributed by atoms with Crippen LogP contribution < -0.4 is 5.73 Å². The third-order valence-electron chi connectivity index (χ3n) is 3.50. The molecule has 1 amide bonds. The number of amides is 1. The minimum atomic E-state index is 0.0598. The Morgan fingerprint density at radius 2 is 2.32 bits per heavy atom. The van der Waals surface area contributed by atoms with Crippen molar-refractivity contribution in [3.63, 3.8) is 0 Å². The summed E-state index contributed by atoms with van der Waals surface area (Å²) in [6.07, 6.45) is 1.45. The lowest BCUT2D eigenvalue weighted by molar-refractivity contribution is -0.129. The van der Waals surface area contributed by atoms with Crippen molar-refractivity contribution in [3.05, 3.63) is 16.1 Å². The Morgan fingerprint density at radius 1 is 1.58 bits per heavy atom. The molecule has 1 aromatic rings. The highest BCUT2D eigenvalue weighted by Crippen LogP contribution is 2.26. The smallest absolute Gasteiger partial charge is 0.228 e. The van der Waals surface area contributed by atoms with E-state index < -0.39 is 0 Å². The third kappa shape index (κ3) is 3.54. The molecular weight excluding hydrogens is 258 g/mol. The second-order valence-electron chi connectivity index (χ2n) is 6.30. The normalized spacial score (nSPS) is 20.0. The van der Waals surface area contributed by atoms with Crippen molar-refractivity contribution < 1.29 is 4.79 Å². The first-order valence-electron chi connectivity index (χ1n) is 6.83. The van der Waals surface area contributed by atoms with Crippen LogP contribution in [0.4, 0.5) is 0 Å². The van der Waals surface area contributed by atoms with Crippen LogP contribution >= 0.6 is 11.3 Å². The van der Waals surface area contributed by atoms with Gasteiger partial charge in [-0.1, -0.05) is 20.8 Å². The van der Waals surface area contributed by atoms with E-state index in [2.05, 4.69) is 25.8 Å². The van der Waals surface area contributed by atoms with Crippen molar-refractivity contribution in [2.75, 3.05) is 19.6 Å². The van der Waals surface area contributed by atoms with Crippen LogP contribution in [0.3, 0.4) is 0 Å². The monoisotopic (exact) mass is 281 g/mol. The number of nitrogens with zero attached hydrogens (tertiary/aromatic N) is 2. The van der Waals surface area contributed by atoms with Crippen LogP contribution in [-0.4, -0.2) is 35.4 Å². The van der Waals surface area contributed by atoms with Gasteiger partial charge in [-0.3, -0.25) is 4.79 Å². The highest BCUT2D eigenvalue weighted by molar-refractivity contribution is 7.09. The highest BCUT2D eigenvalue weighted by atomic mass is 32.1. The average molecular weight is 281 g/mol. The van der Waals surface area contributed by atoms with Crippen LogP contribution in [0.1, 0.15) is 37.9 Å². The van der Waals surface area contributed by atoms with E-state index in [-0.39, 0.29) is 11.3 Å². The van der Waals surface area contributed by atoms with Crippen molar-refractivity contribution in [2.24, 2.45) is 11.7 Å². The van der Waals surface area contributed by atoms with Crippen LogP contribution in [0.2, 0.25) is 0 Å². The van der Waals surface area contributed by atoms with Crippen molar-refractivity contribution in [1.82, 2.24) is 9.88 Å². The molecule has 1 atom stereocenters. The maximum atomic E-state index is 12.2. The molecule has 1 aromatic heterocycles. The van der Waals surface area contributed by atoms with Gasteiger partial charge in [0.25, 0.3) is 0 Å². The molecule has 1 saturated heterocycles. The number of thiazole rings is 1. The van der Waals surface area contributed by atoms with E-state index in [9.17, 15) is 4.79 Å². The number of aromatic nitrogens is 1. The van der Waals surface area contributed by atoms with Gasteiger partial charge in [0.05, 0.1) is 17.1 Å². The van der Waals surface area contributed by atoms with Gasteiger partial charge in [0.15, 0.2) is 0 Å². The predicted octanol–water partition coefficient (Wildman–Crippen LogP) is 1.79. The van der Waals surface area contributed by atoms with Crippen LogP contribution in [-0.2, 0) is 16.6 Å². The van der Waals surface area contributed by atoms with Gasteiger partial charge in [-0.25, -0.2) is 4.98 Å². The fourth-order valence-corrected chi connectivity index (χ4v) is 3.16. The molecule has 1 fully saturated rings. The van der Waals surface area contributed by atoms with Crippen molar-refractivity contribution >= 4 is 17.2 Å². The summed E-state index contributed by atoms with van der Waals surface area (Å²) in [5.41, 5.74) is 6.61. The van der Waals surface area contributed by atoms with Gasteiger partial charge in [-0.15, -0.1) is 11.3 Å². The summed E-state index contributed by atoms with van der Waals surface area (Å²) >= 11 is 1.64. The topological polar surface area (TPSA) is 59.2 Å². The van der Waals surface area contributed by atoms with E-state index in [1.165, 1.54) is 0 Å². The van der Waals surface area contributed by atoms with Crippen LogP contribution in [0.5, 0.6) is 0 Å². The molecule has 2 heterocycles. The summed E-state index contributed by atoms with van der Waals surface area (Å²) in [6, 6.07) is 0. The molecule has 0 saturated carbocycles. The van der Waals surface area contributed by atoms with E-state index in [0.29, 0.717) is 18.9 Å². The summed E-state index contributed by atoms with van der Waals surface area (Å²) in [5.74, 6) is 0.659. The van der Waals surface area contributed by atoms with E-state index in [1.807, 2.05) is 10.3 Å². The zero-order valence-corrected chi connectivity index (χ0v) is 12.8. The molecular formula is C14H23N3OS. The first kappa shape index (κ1) is 14.5. The Labute approximate surface area is 119 Å². The lowest BCUT2D eigenvalue weighted by atomic mass is 9.98. The molecule has 1 unspecified atom stereocenters. The summed E-state index contributed by atoms with van der Waals surface area (Å²) in [5, 5.41) is 3.10. The lowest BCUT2D eigenvalue weighted by Gasteiger charge is -2.16. The fraction of sp³-hybridized carbons (Fsp3) is 0.714. The zero-order valence-electron chi connectivity index (χ0n) is 12.0. The first-order valence-corrected chi connectivity index (χ1v) is 7.71. The molecule has 0 bridgehead atoms. The number of nitrogens with two attached hydrogens (primary N) is 1. The Kier molecular flexibility index (Phi) is 4.26. The molecule has 4 nitrogen and oxygen atoms in total. The SMILES string of the molecule is CC(C)(C)c1nc(CC(=O)N2CCC(CN)C2)cs1. The van der Waals surface area contributed by atoms with E-state index in [4.69, 9.17) is 5.73 Å². The quantitative estimate of drug-likeness (QED) is 0.919. The zero-order chi connectivity index (χ0) is 14.0. The number of hydrogen-bond donors (Lipinski definition) is 1. The third-order valence-corrected chi connectivity index (χ3v) is 4.81. The van der Waals surface area contributed by atoms with Gasteiger partial charge >= 0.3 is 0 Å². The number of carbonyl (C=O) groups excluding carboxylic acids is 1. The van der Waals surface area contributed by atoms with Crippen LogP contribution in [0, 0.1) is 5.92 Å². The van der Waals surface area contributed by atoms with Gasteiger partial charge in [-0.05, 0) is 18.9 Å². The summed E-state index contributed by atoms with van der Waals surface area (Å²) < 4.78 is 0.